The Morgan fingerprint density at radius 1 is 1.47 bits per heavy atom. The van der Waals surface area contributed by atoms with E-state index in [2.05, 4.69) is 0 Å². The average molecular weight is 233 g/mol. The van der Waals surface area contributed by atoms with Gasteiger partial charge in [-0.25, -0.2) is 0 Å². The topological polar surface area (TPSA) is 53.2 Å². The minimum Gasteiger partial charge on any atom is -0.616 e. The number of carbonyl (C=O) groups excluding carboxylic acids is 1. The summed E-state index contributed by atoms with van der Waals surface area (Å²) in [5.41, 5.74) is 1.54. The second kappa shape index (κ2) is 4.57. The summed E-state index contributed by atoms with van der Waals surface area (Å²) >= 11 is 0. The highest BCUT2D eigenvalue weighted by atomic mass is 16.5. The SMILES string of the molecule is COc1ccc(C2CC=CC(=O)C2)c(C)[n+]1[O-]. The van der Waals surface area contributed by atoms with E-state index in [0.717, 1.165) is 16.7 Å². The van der Waals surface area contributed by atoms with Crippen LogP contribution in [0.1, 0.15) is 30.0 Å². The van der Waals surface area contributed by atoms with Crippen LogP contribution in [0.5, 0.6) is 5.88 Å². The van der Waals surface area contributed by atoms with Crippen LogP contribution in [0, 0.1) is 12.1 Å². The third kappa shape index (κ3) is 2.16. The lowest BCUT2D eigenvalue weighted by atomic mass is 9.86. The molecule has 0 spiro atoms. The van der Waals surface area contributed by atoms with Crippen molar-refractivity contribution in [2.75, 3.05) is 7.11 Å². The van der Waals surface area contributed by atoms with Gasteiger partial charge in [0, 0.05) is 24.8 Å². The second-order valence-corrected chi connectivity index (χ2v) is 4.22. The number of carbonyl (C=O) groups is 1. The Balaban J connectivity index is 2.37. The summed E-state index contributed by atoms with van der Waals surface area (Å²) in [4.78, 5) is 11.4. The van der Waals surface area contributed by atoms with E-state index in [9.17, 15) is 10.0 Å². The molecule has 1 atom stereocenters. The molecule has 0 saturated heterocycles. The highest BCUT2D eigenvalue weighted by Gasteiger charge is 2.23. The summed E-state index contributed by atoms with van der Waals surface area (Å²) in [5, 5.41) is 11.8. The quantitative estimate of drug-likeness (QED) is 0.576. The molecule has 1 aliphatic carbocycles. The van der Waals surface area contributed by atoms with Gasteiger partial charge in [-0.1, -0.05) is 6.08 Å². The number of ether oxygens (including phenoxy) is 1. The highest BCUT2D eigenvalue weighted by Crippen LogP contribution is 2.29. The molecule has 90 valence electrons. The molecule has 0 radical (unpaired) electrons. The number of methoxy groups -OCH3 is 1. The number of hydrogen-bond acceptors (Lipinski definition) is 3. The number of hydrogen-bond donors (Lipinski definition) is 0. The molecule has 2 rings (SSSR count). The summed E-state index contributed by atoms with van der Waals surface area (Å²) in [6.45, 7) is 1.76. The fourth-order valence-corrected chi connectivity index (χ4v) is 2.21. The van der Waals surface area contributed by atoms with Gasteiger partial charge in [0.25, 0.3) is 0 Å². The van der Waals surface area contributed by atoms with Crippen molar-refractivity contribution in [2.45, 2.75) is 25.7 Å². The van der Waals surface area contributed by atoms with Crippen LogP contribution in [0.4, 0.5) is 0 Å². The molecule has 4 heteroatoms. The monoisotopic (exact) mass is 233 g/mol. The summed E-state index contributed by atoms with van der Waals surface area (Å²) in [7, 11) is 1.47. The molecule has 0 saturated carbocycles. The van der Waals surface area contributed by atoms with Gasteiger partial charge >= 0.3 is 5.88 Å². The molecule has 4 nitrogen and oxygen atoms in total. The maximum Gasteiger partial charge on any atom is 0.379 e. The third-order valence-corrected chi connectivity index (χ3v) is 3.15. The van der Waals surface area contributed by atoms with Gasteiger partial charge in [0.1, 0.15) is 0 Å². The Kier molecular flexibility index (Phi) is 3.13. The molecule has 0 aromatic carbocycles. The summed E-state index contributed by atoms with van der Waals surface area (Å²) in [6.07, 6.45) is 4.76. The fourth-order valence-electron chi connectivity index (χ4n) is 2.21. The van der Waals surface area contributed by atoms with E-state index in [-0.39, 0.29) is 17.6 Å². The Hall–Kier alpha value is -1.84. The molecule has 17 heavy (non-hydrogen) atoms. The van der Waals surface area contributed by atoms with Crippen LogP contribution in [-0.2, 0) is 4.79 Å². The number of rotatable bonds is 2. The van der Waals surface area contributed by atoms with Gasteiger partial charge in [-0.2, -0.15) is 0 Å². The van der Waals surface area contributed by atoms with Crippen molar-refractivity contribution in [3.05, 3.63) is 40.7 Å². The van der Waals surface area contributed by atoms with Gasteiger partial charge in [-0.3, -0.25) is 4.79 Å². The zero-order chi connectivity index (χ0) is 12.4. The first-order chi connectivity index (χ1) is 8.13. The Labute approximate surface area is 100 Å². The van der Waals surface area contributed by atoms with Crippen molar-refractivity contribution in [3.8, 4) is 5.88 Å². The Morgan fingerprint density at radius 3 is 2.88 bits per heavy atom. The molecular weight excluding hydrogens is 218 g/mol. The minimum absolute atomic E-state index is 0.110. The predicted molar refractivity (Wildman–Crippen MR) is 62.8 cm³/mol. The van der Waals surface area contributed by atoms with Crippen LogP contribution in [0.3, 0.4) is 0 Å². The maximum atomic E-state index is 11.8. The first-order valence-corrected chi connectivity index (χ1v) is 5.60. The first-order valence-electron chi connectivity index (χ1n) is 5.60. The molecule has 1 aromatic rings. The van der Waals surface area contributed by atoms with Gasteiger partial charge in [0.15, 0.2) is 11.5 Å². The lowest BCUT2D eigenvalue weighted by molar-refractivity contribution is -0.619. The Morgan fingerprint density at radius 2 is 2.24 bits per heavy atom. The lowest BCUT2D eigenvalue weighted by Crippen LogP contribution is -2.34. The van der Waals surface area contributed by atoms with Crippen molar-refractivity contribution in [1.82, 2.24) is 0 Å². The van der Waals surface area contributed by atoms with Gasteiger partial charge < -0.3 is 9.94 Å². The summed E-state index contributed by atoms with van der Waals surface area (Å²) in [5.74, 6) is 0.511. The van der Waals surface area contributed by atoms with Crippen LogP contribution in [0.2, 0.25) is 0 Å². The number of allylic oxidation sites excluding steroid dienone is 2. The highest BCUT2D eigenvalue weighted by molar-refractivity contribution is 5.91. The van der Waals surface area contributed by atoms with Crippen LogP contribution in [0.15, 0.2) is 24.3 Å². The zero-order valence-electron chi connectivity index (χ0n) is 9.97. The number of ketones is 1. The number of nitrogens with zero attached hydrogens (tertiary/aromatic N) is 1. The Bertz CT molecular complexity index is 480. The van der Waals surface area contributed by atoms with Gasteiger partial charge in [0.2, 0.25) is 0 Å². The molecule has 0 aliphatic heterocycles. The van der Waals surface area contributed by atoms with E-state index in [1.165, 1.54) is 7.11 Å². The average Bonchev–Trinajstić information content (AvgIpc) is 2.32. The van der Waals surface area contributed by atoms with Crippen LogP contribution in [-0.4, -0.2) is 12.9 Å². The van der Waals surface area contributed by atoms with Gasteiger partial charge in [-0.15, -0.1) is 4.73 Å². The zero-order valence-corrected chi connectivity index (χ0v) is 9.97. The van der Waals surface area contributed by atoms with Crippen LogP contribution >= 0.6 is 0 Å². The maximum absolute atomic E-state index is 11.8. The number of aromatic nitrogens is 1. The summed E-state index contributed by atoms with van der Waals surface area (Å²) in [6, 6.07) is 3.53. The molecule has 1 aliphatic rings. The first kappa shape index (κ1) is 11.6. The van der Waals surface area contributed by atoms with Crippen molar-refractivity contribution >= 4 is 5.78 Å². The molecule has 1 aromatic heterocycles. The van der Waals surface area contributed by atoms with Gasteiger partial charge in [0.05, 0.1) is 13.2 Å². The van der Waals surface area contributed by atoms with Crippen molar-refractivity contribution in [1.29, 1.82) is 0 Å². The van der Waals surface area contributed by atoms with Crippen molar-refractivity contribution in [2.24, 2.45) is 0 Å². The molecule has 1 heterocycles. The van der Waals surface area contributed by atoms with Crippen LogP contribution in [0.25, 0.3) is 0 Å². The van der Waals surface area contributed by atoms with E-state index in [4.69, 9.17) is 4.74 Å². The molecular formula is C13H15NO3. The normalized spacial score (nSPS) is 19.4. The molecule has 0 bridgehead atoms. The lowest BCUT2D eigenvalue weighted by Gasteiger charge is -2.19. The van der Waals surface area contributed by atoms with E-state index in [1.807, 2.05) is 12.1 Å². The van der Waals surface area contributed by atoms with Crippen LogP contribution < -0.4 is 9.47 Å². The van der Waals surface area contributed by atoms with E-state index in [0.29, 0.717) is 12.1 Å². The van der Waals surface area contributed by atoms with Gasteiger partial charge in [-0.05, 0) is 18.6 Å². The van der Waals surface area contributed by atoms with E-state index in [1.54, 1.807) is 19.1 Å². The van der Waals surface area contributed by atoms with Crippen molar-refractivity contribution < 1.29 is 14.3 Å². The van der Waals surface area contributed by atoms with Crippen molar-refractivity contribution in [3.63, 3.8) is 0 Å². The molecule has 0 fully saturated rings. The minimum atomic E-state index is 0.110. The smallest absolute Gasteiger partial charge is 0.379 e. The molecule has 1 unspecified atom stereocenters. The summed E-state index contributed by atoms with van der Waals surface area (Å²) < 4.78 is 5.73. The number of pyridine rings is 1. The van der Waals surface area contributed by atoms with E-state index < -0.39 is 0 Å². The third-order valence-electron chi connectivity index (χ3n) is 3.15. The van der Waals surface area contributed by atoms with E-state index >= 15 is 0 Å². The predicted octanol–water partition coefficient (Wildman–Crippen LogP) is 1.64. The molecule has 0 amide bonds. The molecule has 0 N–H and O–H groups in total. The standard InChI is InChI=1S/C13H15NO3/c1-9-12(6-7-13(17-2)14(9)16)10-4-3-5-11(15)8-10/h3,5-7,10H,4,8H2,1-2H3. The largest absolute Gasteiger partial charge is 0.616 e. The second-order valence-electron chi connectivity index (χ2n) is 4.22. The fraction of sp³-hybridized carbons (Fsp3) is 0.385.